The second-order valence-corrected chi connectivity index (χ2v) is 6.48. The van der Waals surface area contributed by atoms with Gasteiger partial charge in [-0.25, -0.2) is 0 Å². The summed E-state index contributed by atoms with van der Waals surface area (Å²) in [5, 5.41) is 0.989. The number of hydrogen-bond donors (Lipinski definition) is 0. The SMILES string of the molecule is C/C(=C\CBr)CC/C=C(\C)CCC1CCCCC1. The van der Waals surface area contributed by atoms with Gasteiger partial charge in [0.2, 0.25) is 0 Å². The molecule has 1 heteroatoms. The molecule has 0 bridgehead atoms. The molecule has 0 amide bonds. The van der Waals surface area contributed by atoms with Gasteiger partial charge in [0.05, 0.1) is 0 Å². The first-order chi connectivity index (χ1) is 8.72. The molecule has 1 saturated carbocycles. The Morgan fingerprint density at radius 2 is 1.67 bits per heavy atom. The fraction of sp³-hybridized carbons (Fsp3) is 0.765. The van der Waals surface area contributed by atoms with Crippen LogP contribution in [0.4, 0.5) is 0 Å². The van der Waals surface area contributed by atoms with Gasteiger partial charge in [-0.1, -0.05) is 71.3 Å². The molecular formula is C17H29Br. The maximum atomic E-state index is 3.45. The molecule has 0 atom stereocenters. The fourth-order valence-corrected chi connectivity index (χ4v) is 3.34. The third-order valence-electron chi connectivity index (χ3n) is 4.13. The van der Waals surface area contributed by atoms with E-state index in [9.17, 15) is 0 Å². The van der Waals surface area contributed by atoms with E-state index in [1.807, 2.05) is 0 Å². The Kier molecular flexibility index (Phi) is 8.75. The van der Waals surface area contributed by atoms with E-state index >= 15 is 0 Å². The molecule has 0 N–H and O–H groups in total. The van der Waals surface area contributed by atoms with Crippen LogP contribution >= 0.6 is 15.9 Å². The highest BCUT2D eigenvalue weighted by Crippen LogP contribution is 2.28. The summed E-state index contributed by atoms with van der Waals surface area (Å²) in [7, 11) is 0. The lowest BCUT2D eigenvalue weighted by Gasteiger charge is -2.21. The molecule has 0 aromatic rings. The van der Waals surface area contributed by atoms with E-state index in [1.54, 1.807) is 5.57 Å². The maximum Gasteiger partial charge on any atom is 0.0214 e. The highest BCUT2D eigenvalue weighted by atomic mass is 79.9. The third-order valence-corrected chi connectivity index (χ3v) is 4.45. The van der Waals surface area contributed by atoms with Crippen LogP contribution in [-0.4, -0.2) is 5.33 Å². The van der Waals surface area contributed by atoms with Crippen molar-refractivity contribution < 1.29 is 0 Å². The Hall–Kier alpha value is -0.0400. The van der Waals surface area contributed by atoms with Crippen molar-refractivity contribution in [1.29, 1.82) is 0 Å². The standard InChI is InChI=1S/C17H29Br/c1-15(7-6-8-16(2)13-14-18)11-12-17-9-4-3-5-10-17/h7,13,17H,3-6,8-12,14H2,1-2H3/b15-7+,16-13+. The van der Waals surface area contributed by atoms with Crippen LogP contribution < -0.4 is 0 Å². The van der Waals surface area contributed by atoms with Crippen molar-refractivity contribution in [3.8, 4) is 0 Å². The summed E-state index contributed by atoms with van der Waals surface area (Å²) in [6.45, 7) is 4.54. The molecule has 1 fully saturated rings. The molecule has 0 unspecified atom stereocenters. The van der Waals surface area contributed by atoms with Gasteiger partial charge in [0, 0.05) is 5.33 Å². The van der Waals surface area contributed by atoms with Gasteiger partial charge in [0.1, 0.15) is 0 Å². The molecule has 0 aliphatic heterocycles. The Morgan fingerprint density at radius 3 is 2.33 bits per heavy atom. The molecule has 18 heavy (non-hydrogen) atoms. The van der Waals surface area contributed by atoms with Crippen molar-refractivity contribution >= 4 is 15.9 Å². The zero-order valence-electron chi connectivity index (χ0n) is 12.2. The Labute approximate surface area is 122 Å². The minimum absolute atomic E-state index is 0.989. The number of halogens is 1. The molecule has 0 saturated heterocycles. The van der Waals surface area contributed by atoms with Crippen molar-refractivity contribution in [2.45, 2.75) is 71.6 Å². The van der Waals surface area contributed by atoms with Gasteiger partial charge in [0.15, 0.2) is 0 Å². The first-order valence-electron chi connectivity index (χ1n) is 7.59. The molecular weight excluding hydrogens is 284 g/mol. The topological polar surface area (TPSA) is 0 Å². The lowest BCUT2D eigenvalue weighted by Crippen LogP contribution is -2.05. The van der Waals surface area contributed by atoms with Gasteiger partial charge >= 0.3 is 0 Å². The normalized spacial score (nSPS) is 19.3. The van der Waals surface area contributed by atoms with E-state index in [4.69, 9.17) is 0 Å². The smallest absolute Gasteiger partial charge is 0.0214 e. The fourth-order valence-electron chi connectivity index (χ4n) is 2.79. The quantitative estimate of drug-likeness (QED) is 0.376. The van der Waals surface area contributed by atoms with Crippen molar-refractivity contribution in [2.75, 3.05) is 5.33 Å². The summed E-state index contributed by atoms with van der Waals surface area (Å²) in [6, 6.07) is 0. The molecule has 0 aromatic carbocycles. The second-order valence-electron chi connectivity index (χ2n) is 5.84. The van der Waals surface area contributed by atoms with Crippen LogP contribution in [0.25, 0.3) is 0 Å². The van der Waals surface area contributed by atoms with Crippen molar-refractivity contribution in [3.63, 3.8) is 0 Å². The molecule has 1 aliphatic carbocycles. The molecule has 0 spiro atoms. The van der Waals surface area contributed by atoms with E-state index in [0.29, 0.717) is 0 Å². The number of alkyl halides is 1. The highest BCUT2D eigenvalue weighted by molar-refractivity contribution is 9.09. The van der Waals surface area contributed by atoms with Crippen molar-refractivity contribution in [3.05, 3.63) is 23.3 Å². The highest BCUT2D eigenvalue weighted by Gasteiger charge is 2.12. The maximum absolute atomic E-state index is 3.45. The second kappa shape index (κ2) is 9.83. The summed E-state index contributed by atoms with van der Waals surface area (Å²) in [4.78, 5) is 0. The largest absolute Gasteiger partial charge is 0.0883 e. The predicted molar refractivity (Wildman–Crippen MR) is 86.4 cm³/mol. The molecule has 0 heterocycles. The average Bonchev–Trinajstić information content (AvgIpc) is 2.38. The summed E-state index contributed by atoms with van der Waals surface area (Å²) >= 11 is 3.45. The van der Waals surface area contributed by atoms with Crippen LogP contribution in [-0.2, 0) is 0 Å². The molecule has 1 rings (SSSR count). The lowest BCUT2D eigenvalue weighted by atomic mass is 9.85. The lowest BCUT2D eigenvalue weighted by molar-refractivity contribution is 0.339. The van der Waals surface area contributed by atoms with Gasteiger partial charge in [0.25, 0.3) is 0 Å². The van der Waals surface area contributed by atoms with Crippen LogP contribution in [0, 0.1) is 5.92 Å². The zero-order chi connectivity index (χ0) is 13.2. The number of allylic oxidation sites excluding steroid dienone is 4. The van der Waals surface area contributed by atoms with Crippen LogP contribution in [0.2, 0.25) is 0 Å². The minimum Gasteiger partial charge on any atom is -0.0883 e. The molecule has 0 nitrogen and oxygen atoms in total. The Morgan fingerprint density at radius 1 is 1.00 bits per heavy atom. The van der Waals surface area contributed by atoms with Crippen LogP contribution in [0.3, 0.4) is 0 Å². The van der Waals surface area contributed by atoms with Crippen LogP contribution in [0.5, 0.6) is 0 Å². The summed E-state index contributed by atoms with van der Waals surface area (Å²) in [5.41, 5.74) is 3.11. The first kappa shape index (κ1) is 16.0. The predicted octanol–water partition coefficient (Wildman–Crippen LogP) is 6.41. The van der Waals surface area contributed by atoms with Gasteiger partial charge in [-0.05, 0) is 45.4 Å². The van der Waals surface area contributed by atoms with Gasteiger partial charge in [-0.2, -0.15) is 0 Å². The first-order valence-corrected chi connectivity index (χ1v) is 8.71. The van der Waals surface area contributed by atoms with Gasteiger partial charge < -0.3 is 0 Å². The van der Waals surface area contributed by atoms with E-state index in [1.165, 1.54) is 63.4 Å². The van der Waals surface area contributed by atoms with Crippen molar-refractivity contribution in [1.82, 2.24) is 0 Å². The average molecular weight is 313 g/mol. The minimum atomic E-state index is 0.989. The molecule has 1 aliphatic rings. The number of rotatable bonds is 7. The van der Waals surface area contributed by atoms with Gasteiger partial charge in [-0.15, -0.1) is 0 Å². The molecule has 104 valence electrons. The molecule has 0 aromatic heterocycles. The van der Waals surface area contributed by atoms with Crippen LogP contribution in [0.1, 0.15) is 71.6 Å². The van der Waals surface area contributed by atoms with E-state index in [0.717, 1.165) is 11.2 Å². The monoisotopic (exact) mass is 312 g/mol. The molecule has 0 radical (unpaired) electrons. The number of hydrogen-bond acceptors (Lipinski definition) is 0. The van der Waals surface area contributed by atoms with E-state index < -0.39 is 0 Å². The Bertz CT molecular complexity index is 269. The van der Waals surface area contributed by atoms with Gasteiger partial charge in [-0.3, -0.25) is 0 Å². The van der Waals surface area contributed by atoms with E-state index in [2.05, 4.69) is 41.9 Å². The summed E-state index contributed by atoms with van der Waals surface area (Å²) in [5.74, 6) is 1.03. The van der Waals surface area contributed by atoms with E-state index in [-0.39, 0.29) is 0 Å². The zero-order valence-corrected chi connectivity index (χ0v) is 13.8. The third kappa shape index (κ3) is 7.41. The summed E-state index contributed by atoms with van der Waals surface area (Å²) in [6.07, 6.45) is 17.3. The van der Waals surface area contributed by atoms with Crippen LogP contribution in [0.15, 0.2) is 23.3 Å². The Balaban J connectivity index is 2.14. The summed E-state index contributed by atoms with van der Waals surface area (Å²) < 4.78 is 0. The van der Waals surface area contributed by atoms with Crippen molar-refractivity contribution in [2.24, 2.45) is 5.92 Å².